The number of nitrogens with zero attached hydrogens (tertiary/aromatic N) is 6. The molecule has 0 unspecified atom stereocenters. The average Bonchev–Trinajstić information content (AvgIpc) is 3.30. The number of halogens is 1. The molecule has 0 bridgehead atoms. The highest BCUT2D eigenvalue weighted by Gasteiger charge is 2.18. The summed E-state index contributed by atoms with van der Waals surface area (Å²) in [5, 5.41) is 14.8. The van der Waals surface area contributed by atoms with Gasteiger partial charge in [-0.05, 0) is 18.9 Å². The van der Waals surface area contributed by atoms with Gasteiger partial charge in [0, 0.05) is 5.56 Å². The van der Waals surface area contributed by atoms with Gasteiger partial charge >= 0.3 is 6.03 Å². The summed E-state index contributed by atoms with van der Waals surface area (Å²) in [5.41, 5.74) is 2.83. The summed E-state index contributed by atoms with van der Waals surface area (Å²) in [6, 6.07) is 1.16. The van der Waals surface area contributed by atoms with E-state index in [1.165, 1.54) is 34.7 Å². The third-order valence-corrected chi connectivity index (χ3v) is 5.24. The Labute approximate surface area is 175 Å². The molecular weight excluding hydrogens is 412 g/mol. The number of hydrogen-bond acceptors (Lipinski definition) is 7. The number of urea groups is 1. The van der Waals surface area contributed by atoms with Crippen LogP contribution in [0.2, 0.25) is 5.02 Å². The van der Waals surface area contributed by atoms with Crippen LogP contribution in [0.1, 0.15) is 30.3 Å². The molecule has 148 valence electrons. The molecule has 0 aliphatic heterocycles. The molecule has 2 N–H and O–H groups in total. The van der Waals surface area contributed by atoms with E-state index >= 15 is 0 Å². The normalized spacial score (nSPS) is 11.2. The van der Waals surface area contributed by atoms with Crippen LogP contribution in [0.5, 0.6) is 0 Å². The Morgan fingerprint density at radius 3 is 2.62 bits per heavy atom. The number of fused-ring (bicyclic) bond motifs is 1. The first-order valence-electron chi connectivity index (χ1n) is 8.78. The summed E-state index contributed by atoms with van der Waals surface area (Å²) in [6.07, 6.45) is 6.20. The molecule has 0 spiro atoms. The van der Waals surface area contributed by atoms with Crippen molar-refractivity contribution in [1.29, 1.82) is 0 Å². The number of hydrogen-bond donors (Lipinski definition) is 2. The standard InChI is InChI=1S/C18H17ClN8OS/c1-9(2)14-13(8-21-17-15(14)24-10(3)29-17)26-18(28)25-11-6-12(19)16(20-7-11)27-22-4-5-23-27/h4-9H,1-3H3,(H2,25,26,28). The van der Waals surface area contributed by atoms with E-state index in [0.717, 1.165) is 20.9 Å². The fourth-order valence-corrected chi connectivity index (χ4v) is 3.96. The van der Waals surface area contributed by atoms with Crippen molar-refractivity contribution in [2.45, 2.75) is 26.7 Å². The van der Waals surface area contributed by atoms with Crippen LogP contribution in [0, 0.1) is 6.92 Å². The highest BCUT2D eigenvalue weighted by molar-refractivity contribution is 7.18. The third-order valence-electron chi connectivity index (χ3n) is 4.09. The lowest BCUT2D eigenvalue weighted by molar-refractivity contribution is 0.262. The number of pyridine rings is 2. The van der Waals surface area contributed by atoms with E-state index in [-0.39, 0.29) is 5.92 Å². The van der Waals surface area contributed by atoms with Crippen molar-refractivity contribution in [3.05, 3.63) is 46.4 Å². The van der Waals surface area contributed by atoms with Crippen LogP contribution in [0.4, 0.5) is 16.2 Å². The number of carbonyl (C=O) groups excluding carboxylic acids is 1. The van der Waals surface area contributed by atoms with E-state index in [0.29, 0.717) is 22.2 Å². The number of aryl methyl sites for hydroxylation is 1. The molecule has 4 aromatic rings. The molecule has 0 saturated heterocycles. The van der Waals surface area contributed by atoms with E-state index in [2.05, 4.69) is 49.6 Å². The lowest BCUT2D eigenvalue weighted by Crippen LogP contribution is -2.21. The zero-order valence-corrected chi connectivity index (χ0v) is 17.4. The number of nitrogens with one attached hydrogen (secondary N) is 2. The van der Waals surface area contributed by atoms with E-state index in [1.54, 1.807) is 12.3 Å². The molecule has 0 saturated carbocycles. The SMILES string of the molecule is Cc1nc2c(C(C)C)c(NC(=O)Nc3cnc(-n4nccn4)c(Cl)c3)cnc2s1. The van der Waals surface area contributed by atoms with Crippen molar-refractivity contribution in [3.63, 3.8) is 0 Å². The fraction of sp³-hybridized carbons (Fsp3) is 0.222. The second-order valence-corrected chi connectivity index (χ2v) is 8.14. The van der Waals surface area contributed by atoms with E-state index in [9.17, 15) is 4.79 Å². The van der Waals surface area contributed by atoms with Gasteiger partial charge in [0.2, 0.25) is 0 Å². The van der Waals surface area contributed by atoms with Gasteiger partial charge in [0.25, 0.3) is 0 Å². The summed E-state index contributed by atoms with van der Waals surface area (Å²) in [6.45, 7) is 6.05. The maximum Gasteiger partial charge on any atom is 0.323 e. The van der Waals surface area contributed by atoms with E-state index in [1.807, 2.05) is 6.92 Å². The van der Waals surface area contributed by atoms with Crippen LogP contribution in [0.25, 0.3) is 16.2 Å². The lowest BCUT2D eigenvalue weighted by atomic mass is 10.0. The molecule has 0 atom stereocenters. The predicted octanol–water partition coefficient (Wildman–Crippen LogP) is 4.40. The van der Waals surface area contributed by atoms with Crippen LogP contribution < -0.4 is 10.6 Å². The molecule has 0 aliphatic rings. The topological polar surface area (TPSA) is 111 Å². The molecule has 2 amide bonds. The molecule has 0 fully saturated rings. The van der Waals surface area contributed by atoms with Crippen molar-refractivity contribution in [2.75, 3.05) is 10.6 Å². The second kappa shape index (κ2) is 7.72. The highest BCUT2D eigenvalue weighted by atomic mass is 35.5. The van der Waals surface area contributed by atoms with Crippen molar-refractivity contribution < 1.29 is 4.79 Å². The minimum Gasteiger partial charge on any atom is -0.306 e. The molecule has 4 heterocycles. The zero-order chi connectivity index (χ0) is 20.5. The van der Waals surface area contributed by atoms with Crippen LogP contribution >= 0.6 is 22.9 Å². The first-order valence-corrected chi connectivity index (χ1v) is 9.98. The molecule has 4 rings (SSSR count). The molecule has 11 heteroatoms. The summed E-state index contributed by atoms with van der Waals surface area (Å²) in [5.74, 6) is 0.535. The van der Waals surface area contributed by atoms with Gasteiger partial charge in [-0.1, -0.05) is 36.8 Å². The Hall–Kier alpha value is -3.11. The summed E-state index contributed by atoms with van der Waals surface area (Å²) in [4.78, 5) is 27.9. The van der Waals surface area contributed by atoms with Gasteiger partial charge in [-0.25, -0.2) is 19.7 Å². The van der Waals surface area contributed by atoms with Gasteiger partial charge in [0.15, 0.2) is 5.82 Å². The Balaban J connectivity index is 1.56. The predicted molar refractivity (Wildman–Crippen MR) is 113 cm³/mol. The van der Waals surface area contributed by atoms with Gasteiger partial charge < -0.3 is 10.6 Å². The molecule has 9 nitrogen and oxygen atoms in total. The van der Waals surface area contributed by atoms with Gasteiger partial charge in [0.1, 0.15) is 10.3 Å². The Bertz CT molecular complexity index is 1190. The maximum atomic E-state index is 12.6. The second-order valence-electron chi connectivity index (χ2n) is 6.55. The summed E-state index contributed by atoms with van der Waals surface area (Å²) in [7, 11) is 0. The smallest absolute Gasteiger partial charge is 0.306 e. The Morgan fingerprint density at radius 2 is 1.93 bits per heavy atom. The molecule has 4 aromatic heterocycles. The Kier molecular flexibility index (Phi) is 5.12. The molecule has 0 radical (unpaired) electrons. The van der Waals surface area contributed by atoms with Crippen molar-refractivity contribution in [3.8, 4) is 5.82 Å². The van der Waals surface area contributed by atoms with Gasteiger partial charge in [-0.3, -0.25) is 0 Å². The third kappa shape index (κ3) is 3.89. The number of rotatable bonds is 4. The first kappa shape index (κ1) is 19.2. The van der Waals surface area contributed by atoms with Crippen LogP contribution in [-0.4, -0.2) is 36.0 Å². The average molecular weight is 429 g/mol. The van der Waals surface area contributed by atoms with Crippen LogP contribution in [0.3, 0.4) is 0 Å². The largest absolute Gasteiger partial charge is 0.323 e. The monoisotopic (exact) mass is 428 g/mol. The maximum absolute atomic E-state index is 12.6. The van der Waals surface area contributed by atoms with Crippen molar-refractivity contribution in [1.82, 2.24) is 29.9 Å². The van der Waals surface area contributed by atoms with Crippen LogP contribution in [0.15, 0.2) is 30.9 Å². The van der Waals surface area contributed by atoms with Crippen molar-refractivity contribution >= 4 is 50.7 Å². The van der Waals surface area contributed by atoms with Crippen LogP contribution in [-0.2, 0) is 0 Å². The fourth-order valence-electron chi connectivity index (χ4n) is 2.94. The number of anilines is 2. The number of amides is 2. The molecule has 29 heavy (non-hydrogen) atoms. The zero-order valence-electron chi connectivity index (χ0n) is 15.8. The number of thiazole rings is 1. The molecule has 0 aromatic carbocycles. The summed E-state index contributed by atoms with van der Waals surface area (Å²) < 4.78 is 0. The quantitative estimate of drug-likeness (QED) is 0.498. The Morgan fingerprint density at radius 1 is 1.17 bits per heavy atom. The minimum absolute atomic E-state index is 0.161. The van der Waals surface area contributed by atoms with Crippen molar-refractivity contribution in [2.24, 2.45) is 0 Å². The summed E-state index contributed by atoms with van der Waals surface area (Å²) >= 11 is 7.78. The highest BCUT2D eigenvalue weighted by Crippen LogP contribution is 2.33. The van der Waals surface area contributed by atoms with Gasteiger partial charge in [0.05, 0.1) is 46.2 Å². The minimum atomic E-state index is -0.428. The van der Waals surface area contributed by atoms with E-state index in [4.69, 9.17) is 11.6 Å². The number of aromatic nitrogens is 6. The number of carbonyl (C=O) groups is 1. The van der Waals surface area contributed by atoms with Gasteiger partial charge in [-0.2, -0.15) is 10.2 Å². The first-order chi connectivity index (χ1) is 13.9. The molecule has 0 aliphatic carbocycles. The van der Waals surface area contributed by atoms with Gasteiger partial charge in [-0.15, -0.1) is 4.80 Å². The lowest BCUT2D eigenvalue weighted by Gasteiger charge is -2.14. The van der Waals surface area contributed by atoms with E-state index < -0.39 is 6.03 Å². The molecular formula is C18H17ClN8OS.